The molecule has 1 rings (SSSR count). The van der Waals surface area contributed by atoms with E-state index in [9.17, 15) is 9.59 Å². The molecular formula is C14H19ClN2O4. The van der Waals surface area contributed by atoms with E-state index in [1.165, 1.54) is 18.9 Å². The number of urea groups is 1. The molecule has 0 spiro atoms. The molecule has 0 aliphatic rings. The number of carboxylic acids is 1. The Balaban J connectivity index is 2.73. The fourth-order valence-electron chi connectivity index (χ4n) is 1.64. The first-order chi connectivity index (χ1) is 9.85. The van der Waals surface area contributed by atoms with Gasteiger partial charge in [-0.25, -0.2) is 4.79 Å². The van der Waals surface area contributed by atoms with Crippen molar-refractivity contribution in [1.29, 1.82) is 0 Å². The van der Waals surface area contributed by atoms with Crippen molar-refractivity contribution in [2.45, 2.75) is 13.8 Å². The van der Waals surface area contributed by atoms with Crippen LogP contribution in [0.15, 0.2) is 18.2 Å². The summed E-state index contributed by atoms with van der Waals surface area (Å²) in [5.41, 5.74) is 0.419. The van der Waals surface area contributed by atoms with Gasteiger partial charge in [-0.15, -0.1) is 0 Å². The van der Waals surface area contributed by atoms with Crippen molar-refractivity contribution < 1.29 is 19.4 Å². The van der Waals surface area contributed by atoms with Crippen molar-refractivity contribution >= 4 is 29.3 Å². The number of nitrogens with one attached hydrogen (secondary N) is 1. The molecule has 1 aromatic rings. The number of halogens is 1. The lowest BCUT2D eigenvalue weighted by Gasteiger charge is -2.20. The maximum atomic E-state index is 12.0. The molecule has 0 radical (unpaired) electrons. The van der Waals surface area contributed by atoms with E-state index in [-0.39, 0.29) is 6.54 Å². The minimum atomic E-state index is -0.953. The Morgan fingerprint density at radius 1 is 1.48 bits per heavy atom. The smallest absolute Gasteiger partial charge is 0.321 e. The summed E-state index contributed by atoms with van der Waals surface area (Å²) in [6.07, 6.45) is 0. The van der Waals surface area contributed by atoms with Gasteiger partial charge in [0.1, 0.15) is 5.75 Å². The predicted octanol–water partition coefficient (Wildman–Crippen LogP) is 2.92. The average Bonchev–Trinajstić information content (AvgIpc) is 2.42. The summed E-state index contributed by atoms with van der Waals surface area (Å²) in [4.78, 5) is 24.1. The molecular weight excluding hydrogens is 296 g/mol. The van der Waals surface area contributed by atoms with E-state index >= 15 is 0 Å². The first-order valence-electron chi connectivity index (χ1n) is 6.52. The van der Waals surface area contributed by atoms with Crippen LogP contribution in [0.25, 0.3) is 0 Å². The van der Waals surface area contributed by atoms with E-state index in [2.05, 4.69) is 5.32 Å². The maximum Gasteiger partial charge on any atom is 0.321 e. The summed E-state index contributed by atoms with van der Waals surface area (Å²) in [7, 11) is 1.52. The molecule has 1 unspecified atom stereocenters. The molecule has 0 saturated carbocycles. The van der Waals surface area contributed by atoms with Crippen LogP contribution in [0.3, 0.4) is 0 Å². The highest BCUT2D eigenvalue weighted by molar-refractivity contribution is 6.33. The van der Waals surface area contributed by atoms with Crippen LogP contribution in [-0.2, 0) is 4.79 Å². The number of rotatable bonds is 6. The normalized spacial score (nSPS) is 11.6. The van der Waals surface area contributed by atoms with Crippen LogP contribution in [0.1, 0.15) is 13.8 Å². The van der Waals surface area contributed by atoms with Crippen molar-refractivity contribution in [2.75, 3.05) is 25.5 Å². The van der Waals surface area contributed by atoms with E-state index in [0.717, 1.165) is 0 Å². The molecule has 0 fully saturated rings. The van der Waals surface area contributed by atoms with E-state index < -0.39 is 17.9 Å². The van der Waals surface area contributed by atoms with Gasteiger partial charge in [0, 0.05) is 19.7 Å². The van der Waals surface area contributed by atoms with E-state index in [1.54, 1.807) is 18.2 Å². The van der Waals surface area contributed by atoms with Gasteiger partial charge in [-0.3, -0.25) is 4.79 Å². The quantitative estimate of drug-likeness (QED) is 0.846. The van der Waals surface area contributed by atoms with Crippen LogP contribution >= 0.6 is 11.6 Å². The second-order valence-electron chi connectivity index (χ2n) is 4.62. The minimum Gasteiger partial charge on any atom is -0.494 e. The zero-order chi connectivity index (χ0) is 16.0. The van der Waals surface area contributed by atoms with Crippen LogP contribution in [0, 0.1) is 5.92 Å². The first kappa shape index (κ1) is 17.1. The summed E-state index contributed by atoms with van der Waals surface area (Å²) in [6.45, 7) is 4.00. The van der Waals surface area contributed by atoms with Gasteiger partial charge in [0.25, 0.3) is 0 Å². The number of aliphatic carboxylic acids is 1. The number of hydrogen-bond acceptors (Lipinski definition) is 3. The molecule has 0 aromatic heterocycles. The van der Waals surface area contributed by atoms with Crippen molar-refractivity contribution in [3.05, 3.63) is 23.2 Å². The highest BCUT2D eigenvalue weighted by Crippen LogP contribution is 2.27. The second kappa shape index (κ2) is 7.73. The third-order valence-corrected chi connectivity index (χ3v) is 3.14. The number of hydrogen-bond donors (Lipinski definition) is 2. The van der Waals surface area contributed by atoms with Gasteiger partial charge in [0.2, 0.25) is 0 Å². The molecule has 6 nitrogen and oxygen atoms in total. The molecule has 21 heavy (non-hydrogen) atoms. The third-order valence-electron chi connectivity index (χ3n) is 2.81. The average molecular weight is 315 g/mol. The molecule has 2 amide bonds. The molecule has 0 aliphatic carbocycles. The number of carbonyl (C=O) groups is 2. The van der Waals surface area contributed by atoms with Crippen LogP contribution in [0.2, 0.25) is 5.02 Å². The van der Waals surface area contributed by atoms with Gasteiger partial charge in [-0.1, -0.05) is 18.5 Å². The second-order valence-corrected chi connectivity index (χ2v) is 5.03. The Hall–Kier alpha value is -1.95. The van der Waals surface area contributed by atoms with E-state index in [1.807, 2.05) is 6.92 Å². The Morgan fingerprint density at radius 2 is 2.14 bits per heavy atom. The molecule has 0 bridgehead atoms. The van der Waals surface area contributed by atoms with Crippen LogP contribution in [0.5, 0.6) is 5.75 Å². The number of benzene rings is 1. The van der Waals surface area contributed by atoms with Gasteiger partial charge in [-0.05, 0) is 19.1 Å². The van der Waals surface area contributed by atoms with Crippen molar-refractivity contribution in [3.63, 3.8) is 0 Å². The van der Waals surface area contributed by atoms with Crippen LogP contribution in [0.4, 0.5) is 10.5 Å². The third kappa shape index (κ3) is 5.15. The number of ether oxygens (including phenoxy) is 1. The molecule has 7 heteroatoms. The number of carbonyl (C=O) groups excluding carboxylic acids is 1. The molecule has 0 heterocycles. The molecule has 1 aromatic carbocycles. The molecule has 0 aliphatic heterocycles. The van der Waals surface area contributed by atoms with Gasteiger partial charge in [0.05, 0.1) is 23.2 Å². The van der Waals surface area contributed by atoms with E-state index in [0.29, 0.717) is 23.1 Å². The highest BCUT2D eigenvalue weighted by atomic mass is 35.5. The lowest BCUT2D eigenvalue weighted by molar-refractivity contribution is -0.141. The zero-order valence-electron chi connectivity index (χ0n) is 12.2. The standard InChI is InChI=1S/C14H19ClN2O4/c1-4-21-10-5-6-11(15)12(7-10)16-14(20)17(3)8-9(2)13(18)19/h5-7,9H,4,8H2,1-3H3,(H,16,20)(H,18,19). The minimum absolute atomic E-state index is 0.101. The van der Waals surface area contributed by atoms with Gasteiger partial charge < -0.3 is 20.1 Å². The van der Waals surface area contributed by atoms with E-state index in [4.69, 9.17) is 21.4 Å². The Kier molecular flexibility index (Phi) is 6.30. The summed E-state index contributed by atoms with van der Waals surface area (Å²) in [5.74, 6) is -1.00. The largest absolute Gasteiger partial charge is 0.494 e. The summed E-state index contributed by atoms with van der Waals surface area (Å²) in [5, 5.41) is 11.9. The molecule has 0 saturated heterocycles. The van der Waals surface area contributed by atoms with Crippen molar-refractivity contribution in [3.8, 4) is 5.75 Å². The van der Waals surface area contributed by atoms with Crippen LogP contribution in [-0.4, -0.2) is 42.2 Å². The molecule has 2 N–H and O–H groups in total. The summed E-state index contributed by atoms with van der Waals surface area (Å²) < 4.78 is 5.34. The molecule has 1 atom stereocenters. The number of anilines is 1. The highest BCUT2D eigenvalue weighted by Gasteiger charge is 2.18. The maximum absolute atomic E-state index is 12.0. The summed E-state index contributed by atoms with van der Waals surface area (Å²) in [6, 6.07) is 4.52. The molecule has 116 valence electrons. The SMILES string of the molecule is CCOc1ccc(Cl)c(NC(=O)N(C)CC(C)C(=O)O)c1. The lowest BCUT2D eigenvalue weighted by atomic mass is 10.2. The number of amides is 2. The van der Waals surface area contributed by atoms with Crippen molar-refractivity contribution in [2.24, 2.45) is 5.92 Å². The van der Waals surface area contributed by atoms with Gasteiger partial charge in [-0.2, -0.15) is 0 Å². The Bertz CT molecular complexity index is 522. The van der Waals surface area contributed by atoms with Gasteiger partial charge in [0.15, 0.2) is 0 Å². The fraction of sp³-hybridized carbons (Fsp3) is 0.429. The number of carboxylic acid groups (broad SMARTS) is 1. The summed E-state index contributed by atoms with van der Waals surface area (Å²) >= 11 is 6.02. The topological polar surface area (TPSA) is 78.9 Å². The number of nitrogens with zero attached hydrogens (tertiary/aromatic N) is 1. The Labute approximate surface area is 128 Å². The lowest BCUT2D eigenvalue weighted by Crippen LogP contribution is -2.36. The van der Waals surface area contributed by atoms with Gasteiger partial charge >= 0.3 is 12.0 Å². The predicted molar refractivity (Wildman–Crippen MR) is 81.1 cm³/mol. The zero-order valence-corrected chi connectivity index (χ0v) is 13.0. The monoisotopic (exact) mass is 314 g/mol. The van der Waals surface area contributed by atoms with Crippen LogP contribution < -0.4 is 10.1 Å². The fourth-order valence-corrected chi connectivity index (χ4v) is 1.80. The van der Waals surface area contributed by atoms with Crippen molar-refractivity contribution in [1.82, 2.24) is 4.90 Å². The first-order valence-corrected chi connectivity index (χ1v) is 6.90. The Morgan fingerprint density at radius 3 is 2.71 bits per heavy atom.